The number of thiazole rings is 1. The van der Waals surface area contributed by atoms with E-state index in [9.17, 15) is 0 Å². The summed E-state index contributed by atoms with van der Waals surface area (Å²) in [6.07, 6.45) is 0.403. The van der Waals surface area contributed by atoms with Crippen molar-refractivity contribution in [2.45, 2.75) is 20.0 Å². The first kappa shape index (κ1) is 12.9. The molecule has 1 heterocycles. The predicted octanol–water partition coefficient (Wildman–Crippen LogP) is 3.75. The highest BCUT2D eigenvalue weighted by atomic mass is 35.5. The minimum Gasteiger partial charge on any atom is -0.486 e. The van der Waals surface area contributed by atoms with Crippen molar-refractivity contribution < 1.29 is 4.74 Å². The fraction of sp³-hybridized carbons (Fsp3) is 0.231. The Morgan fingerprint density at radius 3 is 3.06 bits per heavy atom. The van der Waals surface area contributed by atoms with Crippen molar-refractivity contribution in [1.29, 1.82) is 5.26 Å². The van der Waals surface area contributed by atoms with Gasteiger partial charge in [-0.1, -0.05) is 17.7 Å². The third-order valence-corrected chi connectivity index (χ3v) is 3.70. The smallest absolute Gasteiger partial charge is 0.140 e. The van der Waals surface area contributed by atoms with Crippen molar-refractivity contribution in [2.24, 2.45) is 0 Å². The summed E-state index contributed by atoms with van der Waals surface area (Å²) in [7, 11) is 0. The molecule has 2 aromatic rings. The number of nitriles is 1. The van der Waals surface area contributed by atoms with Gasteiger partial charge in [0, 0.05) is 9.90 Å². The summed E-state index contributed by atoms with van der Waals surface area (Å²) in [6, 6.07) is 9.38. The van der Waals surface area contributed by atoms with Crippen molar-refractivity contribution in [3.8, 4) is 11.8 Å². The van der Waals surface area contributed by atoms with Gasteiger partial charge in [-0.05, 0) is 25.1 Å². The lowest BCUT2D eigenvalue weighted by atomic mass is 10.3. The van der Waals surface area contributed by atoms with Crippen molar-refractivity contribution in [3.63, 3.8) is 0 Å². The summed E-state index contributed by atoms with van der Waals surface area (Å²) in [6.45, 7) is 2.31. The number of halogens is 1. The van der Waals surface area contributed by atoms with Crippen LogP contribution in [0.25, 0.3) is 0 Å². The van der Waals surface area contributed by atoms with Crippen LogP contribution in [0.5, 0.6) is 5.75 Å². The molecule has 0 aliphatic heterocycles. The maximum atomic E-state index is 8.67. The number of ether oxygens (including phenoxy) is 1. The first-order valence-corrected chi connectivity index (χ1v) is 6.59. The lowest BCUT2D eigenvalue weighted by molar-refractivity contribution is 0.305. The summed E-state index contributed by atoms with van der Waals surface area (Å²) in [5.74, 6) is 0.720. The fourth-order valence-corrected chi connectivity index (χ4v) is 2.58. The van der Waals surface area contributed by atoms with Gasteiger partial charge in [-0.25, -0.2) is 4.98 Å². The van der Waals surface area contributed by atoms with Gasteiger partial charge in [0.1, 0.15) is 17.4 Å². The van der Waals surface area contributed by atoms with Crippen LogP contribution in [-0.4, -0.2) is 4.98 Å². The molecule has 2 rings (SSSR count). The second-order valence-corrected chi connectivity index (χ2v) is 5.30. The van der Waals surface area contributed by atoms with E-state index < -0.39 is 0 Å². The molecule has 0 spiro atoms. The Kier molecular flexibility index (Phi) is 4.19. The molecular formula is C13H11ClN2OS. The SMILES string of the molecule is Cc1nc(COc2cccc(Cl)c2)sc1CC#N. The summed E-state index contributed by atoms with van der Waals surface area (Å²) < 4.78 is 5.60. The number of aryl methyl sites for hydroxylation is 1. The van der Waals surface area contributed by atoms with E-state index in [2.05, 4.69) is 11.1 Å². The molecule has 18 heavy (non-hydrogen) atoms. The molecule has 0 aliphatic carbocycles. The summed E-state index contributed by atoms with van der Waals surface area (Å²) in [5, 5.41) is 10.2. The molecule has 0 aliphatic rings. The minimum absolute atomic E-state index is 0.400. The second kappa shape index (κ2) is 5.85. The molecule has 0 radical (unpaired) electrons. The van der Waals surface area contributed by atoms with Crippen LogP contribution in [-0.2, 0) is 13.0 Å². The molecule has 0 fully saturated rings. The molecule has 0 saturated carbocycles. The Morgan fingerprint density at radius 2 is 2.33 bits per heavy atom. The number of hydrogen-bond acceptors (Lipinski definition) is 4. The third kappa shape index (κ3) is 3.22. The molecule has 3 nitrogen and oxygen atoms in total. The Morgan fingerprint density at radius 1 is 1.50 bits per heavy atom. The fourth-order valence-electron chi connectivity index (χ4n) is 1.49. The van der Waals surface area contributed by atoms with Gasteiger partial charge in [-0.15, -0.1) is 11.3 Å². The maximum Gasteiger partial charge on any atom is 0.140 e. The van der Waals surface area contributed by atoms with Gasteiger partial charge in [0.2, 0.25) is 0 Å². The third-order valence-electron chi connectivity index (χ3n) is 2.33. The zero-order chi connectivity index (χ0) is 13.0. The molecule has 1 aromatic carbocycles. The molecule has 0 saturated heterocycles. The van der Waals surface area contributed by atoms with Crippen LogP contribution in [0.4, 0.5) is 0 Å². The highest BCUT2D eigenvalue weighted by Crippen LogP contribution is 2.22. The highest BCUT2D eigenvalue weighted by Gasteiger charge is 2.07. The van der Waals surface area contributed by atoms with Crippen molar-refractivity contribution >= 4 is 22.9 Å². The summed E-state index contributed by atoms with van der Waals surface area (Å²) in [4.78, 5) is 5.38. The first-order valence-electron chi connectivity index (χ1n) is 5.39. The predicted molar refractivity (Wildman–Crippen MR) is 72.0 cm³/mol. The van der Waals surface area contributed by atoms with Crippen LogP contribution >= 0.6 is 22.9 Å². The van der Waals surface area contributed by atoms with Crippen molar-refractivity contribution in [2.75, 3.05) is 0 Å². The Hall–Kier alpha value is -1.57. The monoisotopic (exact) mass is 278 g/mol. The van der Waals surface area contributed by atoms with Crippen LogP contribution in [0.3, 0.4) is 0 Å². The molecule has 0 amide bonds. The molecule has 0 atom stereocenters. The Bertz CT molecular complexity index is 589. The van der Waals surface area contributed by atoms with Gasteiger partial charge in [0.15, 0.2) is 0 Å². The molecular weight excluding hydrogens is 268 g/mol. The lowest BCUT2D eigenvalue weighted by Crippen LogP contribution is -1.94. The van der Waals surface area contributed by atoms with Gasteiger partial charge < -0.3 is 4.74 Å². The van der Waals surface area contributed by atoms with Crippen molar-refractivity contribution in [3.05, 3.63) is 44.9 Å². The maximum absolute atomic E-state index is 8.67. The lowest BCUT2D eigenvalue weighted by Gasteiger charge is -2.03. The van der Waals surface area contributed by atoms with E-state index in [0.29, 0.717) is 18.1 Å². The highest BCUT2D eigenvalue weighted by molar-refractivity contribution is 7.11. The standard InChI is InChI=1S/C13H11ClN2OS/c1-9-12(5-6-15)18-13(16-9)8-17-11-4-2-3-10(14)7-11/h2-4,7H,5,8H2,1H3. The zero-order valence-electron chi connectivity index (χ0n) is 9.81. The molecule has 0 N–H and O–H groups in total. The molecule has 1 aromatic heterocycles. The van der Waals surface area contributed by atoms with Gasteiger partial charge in [0.25, 0.3) is 0 Å². The van der Waals surface area contributed by atoms with Crippen LogP contribution in [0.15, 0.2) is 24.3 Å². The van der Waals surface area contributed by atoms with Crippen molar-refractivity contribution in [1.82, 2.24) is 4.98 Å². The van der Waals surface area contributed by atoms with Crippen LogP contribution in [0.1, 0.15) is 15.6 Å². The summed E-state index contributed by atoms with van der Waals surface area (Å²) >= 11 is 7.38. The quantitative estimate of drug-likeness (QED) is 0.856. The zero-order valence-corrected chi connectivity index (χ0v) is 11.4. The number of rotatable bonds is 4. The van der Waals surface area contributed by atoms with E-state index in [-0.39, 0.29) is 0 Å². The molecule has 0 bridgehead atoms. The van der Waals surface area contributed by atoms with E-state index in [1.54, 1.807) is 12.1 Å². The van der Waals surface area contributed by atoms with Gasteiger partial charge in [0.05, 0.1) is 18.2 Å². The molecule has 0 unspecified atom stereocenters. The second-order valence-electron chi connectivity index (χ2n) is 3.70. The Labute approximate surface area is 115 Å². The number of aromatic nitrogens is 1. The minimum atomic E-state index is 0.400. The van der Waals surface area contributed by atoms with Gasteiger partial charge in [-0.3, -0.25) is 0 Å². The largest absolute Gasteiger partial charge is 0.486 e. The number of nitrogens with zero attached hydrogens (tertiary/aromatic N) is 2. The van der Waals surface area contributed by atoms with E-state index in [0.717, 1.165) is 21.3 Å². The first-order chi connectivity index (χ1) is 8.69. The van der Waals surface area contributed by atoms with E-state index in [4.69, 9.17) is 21.6 Å². The van der Waals surface area contributed by atoms with Crippen LogP contribution < -0.4 is 4.74 Å². The van der Waals surface area contributed by atoms with Crippen LogP contribution in [0, 0.1) is 18.3 Å². The average Bonchev–Trinajstić information content (AvgIpc) is 2.69. The van der Waals surface area contributed by atoms with Gasteiger partial charge >= 0.3 is 0 Å². The van der Waals surface area contributed by atoms with Gasteiger partial charge in [-0.2, -0.15) is 5.26 Å². The van der Waals surface area contributed by atoms with Crippen LogP contribution in [0.2, 0.25) is 5.02 Å². The van der Waals surface area contributed by atoms with E-state index in [1.165, 1.54) is 11.3 Å². The average molecular weight is 279 g/mol. The normalized spacial score (nSPS) is 10.1. The Balaban J connectivity index is 2.02. The van der Waals surface area contributed by atoms with E-state index >= 15 is 0 Å². The number of benzene rings is 1. The van der Waals surface area contributed by atoms with E-state index in [1.807, 2.05) is 19.1 Å². The topological polar surface area (TPSA) is 45.9 Å². The molecule has 92 valence electrons. The summed E-state index contributed by atoms with van der Waals surface area (Å²) in [5.41, 5.74) is 0.909. The number of hydrogen-bond donors (Lipinski definition) is 0. The molecule has 5 heteroatoms.